The monoisotopic (exact) mass is 488 g/mol. The molecule has 3 rings (SSSR count). The van der Waals surface area contributed by atoms with Crippen molar-refractivity contribution < 1.29 is 14.0 Å². The summed E-state index contributed by atoms with van der Waals surface area (Å²) in [6.07, 6.45) is 4.94. The molecular weight excluding hydrogens is 459 g/mol. The Labute approximate surface area is 209 Å². The molecule has 36 heavy (non-hydrogen) atoms. The zero-order valence-electron chi connectivity index (χ0n) is 20.8. The summed E-state index contributed by atoms with van der Waals surface area (Å²) in [5.74, 6) is -1.02. The maximum absolute atomic E-state index is 14.6. The molecule has 186 valence electrons. The molecule has 1 amide bonds. The molecule has 0 saturated carbocycles. The Bertz CT molecular complexity index is 1370. The molecule has 0 saturated heterocycles. The number of halogens is 1. The predicted octanol–water partition coefficient (Wildman–Crippen LogP) is 4.65. The fraction of sp³-hybridized carbons (Fsp3) is 0.321. The third-order valence-corrected chi connectivity index (χ3v) is 5.83. The van der Waals surface area contributed by atoms with Crippen LogP contribution in [-0.2, 0) is 9.59 Å². The minimum absolute atomic E-state index is 0.0174. The van der Waals surface area contributed by atoms with Gasteiger partial charge in [0.2, 0.25) is 5.91 Å². The number of Topliss-reactive ketones (excluding diaryl/α,β-unsaturated/α-hetero) is 1. The number of rotatable bonds is 9. The van der Waals surface area contributed by atoms with Gasteiger partial charge >= 0.3 is 0 Å². The quantitative estimate of drug-likeness (QED) is 0.472. The van der Waals surface area contributed by atoms with Crippen LogP contribution in [-0.4, -0.2) is 21.2 Å². The van der Waals surface area contributed by atoms with Gasteiger partial charge in [0.05, 0.1) is 17.7 Å². The van der Waals surface area contributed by atoms with E-state index in [4.69, 9.17) is 0 Å². The van der Waals surface area contributed by atoms with Crippen molar-refractivity contribution >= 4 is 11.7 Å². The largest absolute Gasteiger partial charge is 0.347 e. The first-order chi connectivity index (χ1) is 17.1. The first-order valence-electron chi connectivity index (χ1n) is 11.7. The first-order valence-corrected chi connectivity index (χ1v) is 11.7. The van der Waals surface area contributed by atoms with E-state index in [2.05, 4.69) is 10.3 Å². The molecular formula is C28H29FN4O3. The van der Waals surface area contributed by atoms with Gasteiger partial charge in [-0.1, -0.05) is 19.9 Å². The van der Waals surface area contributed by atoms with Crippen molar-refractivity contribution in [3.8, 4) is 17.2 Å². The highest BCUT2D eigenvalue weighted by Crippen LogP contribution is 2.29. The van der Waals surface area contributed by atoms with Crippen molar-refractivity contribution in [3.05, 3.63) is 87.9 Å². The van der Waals surface area contributed by atoms with Gasteiger partial charge in [-0.3, -0.25) is 19.4 Å². The normalized spacial score (nSPS) is 12.6. The Morgan fingerprint density at radius 2 is 1.94 bits per heavy atom. The van der Waals surface area contributed by atoms with Crippen LogP contribution in [0.5, 0.6) is 0 Å². The van der Waals surface area contributed by atoms with Gasteiger partial charge in [-0.15, -0.1) is 0 Å². The van der Waals surface area contributed by atoms with Crippen LogP contribution < -0.4 is 10.9 Å². The molecule has 0 bridgehead atoms. The Kier molecular flexibility index (Phi) is 8.49. The maximum atomic E-state index is 14.6. The smallest absolute Gasteiger partial charge is 0.251 e. The molecule has 0 aliphatic carbocycles. The van der Waals surface area contributed by atoms with Gasteiger partial charge in [-0.2, -0.15) is 5.26 Å². The van der Waals surface area contributed by atoms with Crippen molar-refractivity contribution in [1.82, 2.24) is 14.9 Å². The molecule has 2 atom stereocenters. The average molecular weight is 489 g/mol. The van der Waals surface area contributed by atoms with Gasteiger partial charge in [0, 0.05) is 42.2 Å². The van der Waals surface area contributed by atoms with Crippen LogP contribution in [0.3, 0.4) is 0 Å². The lowest BCUT2D eigenvalue weighted by Crippen LogP contribution is -2.40. The Balaban J connectivity index is 2.00. The number of carbonyl (C=O) groups excluding carboxylic acids is 2. The molecule has 0 fully saturated rings. The van der Waals surface area contributed by atoms with Crippen molar-refractivity contribution in [1.29, 1.82) is 5.26 Å². The highest BCUT2D eigenvalue weighted by molar-refractivity contribution is 5.83. The number of pyridine rings is 2. The van der Waals surface area contributed by atoms with E-state index >= 15 is 0 Å². The van der Waals surface area contributed by atoms with E-state index in [9.17, 15) is 24.0 Å². The summed E-state index contributed by atoms with van der Waals surface area (Å²) in [6.45, 7) is 7.14. The third-order valence-electron chi connectivity index (χ3n) is 5.83. The average Bonchev–Trinajstić information content (AvgIpc) is 2.82. The SMILES string of the molecule is CC(=O)C[C@H](NC(=O)C(CC(C)C)n1ccc(C)cc1=O)c1cncc(-c2c(F)cccc2C#N)c1. The van der Waals surface area contributed by atoms with Crippen LogP contribution in [0.15, 0.2) is 59.8 Å². The molecule has 1 aromatic carbocycles. The summed E-state index contributed by atoms with van der Waals surface area (Å²) in [6, 6.07) is 9.54. The fourth-order valence-electron chi connectivity index (χ4n) is 4.14. The molecule has 0 aliphatic heterocycles. The fourth-order valence-corrected chi connectivity index (χ4v) is 4.14. The lowest BCUT2D eigenvalue weighted by Gasteiger charge is -2.25. The van der Waals surface area contributed by atoms with Crippen LogP contribution in [0.4, 0.5) is 4.39 Å². The second kappa shape index (κ2) is 11.5. The number of aryl methyl sites for hydroxylation is 1. The van der Waals surface area contributed by atoms with E-state index in [1.165, 1.54) is 48.1 Å². The van der Waals surface area contributed by atoms with Crippen molar-refractivity contribution in [2.45, 2.75) is 52.6 Å². The van der Waals surface area contributed by atoms with Crippen LogP contribution >= 0.6 is 0 Å². The van der Waals surface area contributed by atoms with Crippen LogP contribution in [0.25, 0.3) is 11.1 Å². The van der Waals surface area contributed by atoms with E-state index in [1.54, 1.807) is 25.3 Å². The van der Waals surface area contributed by atoms with Crippen LogP contribution in [0.1, 0.15) is 62.4 Å². The Morgan fingerprint density at radius 3 is 2.58 bits per heavy atom. The summed E-state index contributed by atoms with van der Waals surface area (Å²) in [7, 11) is 0. The zero-order chi connectivity index (χ0) is 26.4. The van der Waals surface area contributed by atoms with Gasteiger partial charge in [-0.05, 0) is 61.6 Å². The molecule has 2 heterocycles. The number of aromatic nitrogens is 2. The van der Waals surface area contributed by atoms with E-state index in [-0.39, 0.29) is 34.8 Å². The Hall–Kier alpha value is -4.12. The predicted molar refractivity (Wildman–Crippen MR) is 134 cm³/mol. The maximum Gasteiger partial charge on any atom is 0.251 e. The molecule has 0 aliphatic rings. The summed E-state index contributed by atoms with van der Waals surface area (Å²) in [5.41, 5.74) is 1.61. The lowest BCUT2D eigenvalue weighted by molar-refractivity contribution is -0.126. The number of amides is 1. The second-order valence-corrected chi connectivity index (χ2v) is 9.34. The van der Waals surface area contributed by atoms with Gasteiger partial charge in [0.1, 0.15) is 17.6 Å². The summed E-state index contributed by atoms with van der Waals surface area (Å²) >= 11 is 0. The van der Waals surface area contributed by atoms with Crippen LogP contribution in [0.2, 0.25) is 0 Å². The summed E-state index contributed by atoms with van der Waals surface area (Å²) in [4.78, 5) is 42.4. The zero-order valence-corrected chi connectivity index (χ0v) is 20.8. The molecule has 0 radical (unpaired) electrons. The molecule has 2 aromatic heterocycles. The van der Waals surface area contributed by atoms with Crippen molar-refractivity contribution in [3.63, 3.8) is 0 Å². The number of nitrogens with zero attached hydrogens (tertiary/aromatic N) is 3. The molecule has 3 aromatic rings. The number of benzene rings is 1. The van der Waals surface area contributed by atoms with E-state index < -0.39 is 23.8 Å². The number of nitriles is 1. The number of ketones is 1. The Morgan fingerprint density at radius 1 is 1.19 bits per heavy atom. The highest BCUT2D eigenvalue weighted by atomic mass is 19.1. The number of nitrogens with one attached hydrogen (secondary N) is 1. The van der Waals surface area contributed by atoms with Gasteiger partial charge in [0.15, 0.2) is 0 Å². The topological polar surface area (TPSA) is 105 Å². The van der Waals surface area contributed by atoms with E-state index in [0.29, 0.717) is 17.5 Å². The molecule has 1 unspecified atom stereocenters. The van der Waals surface area contributed by atoms with Crippen molar-refractivity contribution in [2.24, 2.45) is 5.92 Å². The van der Waals surface area contributed by atoms with E-state index in [0.717, 1.165) is 5.56 Å². The highest BCUT2D eigenvalue weighted by Gasteiger charge is 2.27. The molecule has 7 nitrogen and oxygen atoms in total. The first kappa shape index (κ1) is 26.5. The summed E-state index contributed by atoms with van der Waals surface area (Å²) < 4.78 is 16.0. The van der Waals surface area contributed by atoms with Gasteiger partial charge in [-0.25, -0.2) is 4.39 Å². The van der Waals surface area contributed by atoms with Crippen molar-refractivity contribution in [2.75, 3.05) is 0 Å². The van der Waals surface area contributed by atoms with E-state index in [1.807, 2.05) is 19.9 Å². The third kappa shape index (κ3) is 6.30. The second-order valence-electron chi connectivity index (χ2n) is 9.34. The standard InChI is InChI=1S/C28H29FN4O3/c1-17(2)10-25(33-9-8-18(3)11-26(33)35)28(36)32-24(12-19(4)34)21-13-22(16-31-15-21)27-20(14-30)6-5-7-23(27)29/h5-9,11,13,15-17,24-25H,10,12H2,1-4H3,(H,32,36)/t24-,25?/m0/s1. The minimum Gasteiger partial charge on any atom is -0.347 e. The lowest BCUT2D eigenvalue weighted by atomic mass is 9.96. The minimum atomic E-state index is -0.777. The molecule has 8 heteroatoms. The van der Waals surface area contributed by atoms with Gasteiger partial charge < -0.3 is 9.88 Å². The molecule has 1 N–H and O–H groups in total. The van der Waals surface area contributed by atoms with Gasteiger partial charge in [0.25, 0.3) is 5.56 Å². The van der Waals surface area contributed by atoms with Crippen LogP contribution in [0, 0.1) is 30.0 Å². The number of carbonyl (C=O) groups is 2. The number of hydrogen-bond donors (Lipinski definition) is 1. The number of hydrogen-bond acceptors (Lipinski definition) is 5. The summed E-state index contributed by atoms with van der Waals surface area (Å²) in [5, 5.41) is 12.3. The molecule has 0 spiro atoms.